The first-order valence-electron chi connectivity index (χ1n) is 7.19. The van der Waals surface area contributed by atoms with Crippen LogP contribution in [-0.4, -0.2) is 64.1 Å². The maximum absolute atomic E-state index is 5.63. The van der Waals surface area contributed by atoms with Gasteiger partial charge in [-0.3, -0.25) is 0 Å². The van der Waals surface area contributed by atoms with Gasteiger partial charge in [0.25, 0.3) is 0 Å². The summed E-state index contributed by atoms with van der Waals surface area (Å²) in [4.78, 5) is 2.38. The van der Waals surface area contributed by atoms with Crippen LogP contribution in [0.25, 0.3) is 0 Å². The molecule has 1 saturated heterocycles. The molecule has 4 nitrogen and oxygen atoms in total. The second kappa shape index (κ2) is 8.86. The van der Waals surface area contributed by atoms with Gasteiger partial charge in [0.15, 0.2) is 0 Å². The van der Waals surface area contributed by atoms with Crippen molar-refractivity contribution in [1.29, 1.82) is 0 Å². The predicted octanol–water partition coefficient (Wildman–Crippen LogP) is 1.36. The zero-order chi connectivity index (χ0) is 13.4. The number of methoxy groups -OCH3 is 1. The lowest BCUT2D eigenvalue weighted by atomic mass is 9.94. The Hall–Kier alpha value is -0.160. The second-order valence-electron chi connectivity index (χ2n) is 5.43. The summed E-state index contributed by atoms with van der Waals surface area (Å²) in [6, 6.07) is 1.07. The van der Waals surface area contributed by atoms with Crippen molar-refractivity contribution in [3.05, 3.63) is 0 Å². The fourth-order valence-corrected chi connectivity index (χ4v) is 2.49. The van der Waals surface area contributed by atoms with Gasteiger partial charge in [0.1, 0.15) is 0 Å². The van der Waals surface area contributed by atoms with E-state index in [9.17, 15) is 0 Å². The first-order valence-corrected chi connectivity index (χ1v) is 7.19. The van der Waals surface area contributed by atoms with Crippen molar-refractivity contribution in [3.8, 4) is 0 Å². The van der Waals surface area contributed by atoms with Gasteiger partial charge >= 0.3 is 0 Å². The van der Waals surface area contributed by atoms with Crippen molar-refractivity contribution in [2.75, 3.05) is 47.1 Å². The summed E-state index contributed by atoms with van der Waals surface area (Å²) in [6.45, 7) is 9.18. The molecule has 1 aliphatic heterocycles. The van der Waals surface area contributed by atoms with E-state index in [0.717, 1.165) is 39.3 Å². The molecule has 0 radical (unpaired) electrons. The summed E-state index contributed by atoms with van der Waals surface area (Å²) in [5, 5.41) is 3.66. The smallest absolute Gasteiger partial charge is 0.0615 e. The standard InChI is InChI=1S/C14H30N2O2/c1-5-7-15-14-6-8-18-11-13(14)9-16(3)12(2)10-17-4/h12-15H,5-11H2,1-4H3. The van der Waals surface area contributed by atoms with Crippen molar-refractivity contribution in [2.24, 2.45) is 5.92 Å². The lowest BCUT2D eigenvalue weighted by molar-refractivity contribution is 0.00967. The molecule has 108 valence electrons. The number of rotatable bonds is 8. The molecule has 1 heterocycles. The van der Waals surface area contributed by atoms with Crippen LogP contribution in [0.2, 0.25) is 0 Å². The molecule has 18 heavy (non-hydrogen) atoms. The highest BCUT2D eigenvalue weighted by molar-refractivity contribution is 4.82. The molecule has 1 fully saturated rings. The van der Waals surface area contributed by atoms with Crippen LogP contribution in [0.1, 0.15) is 26.7 Å². The van der Waals surface area contributed by atoms with Gasteiger partial charge in [0, 0.05) is 38.3 Å². The van der Waals surface area contributed by atoms with Crippen LogP contribution in [0.5, 0.6) is 0 Å². The molecule has 0 aromatic carbocycles. The molecule has 0 aromatic rings. The van der Waals surface area contributed by atoms with Crippen LogP contribution >= 0.6 is 0 Å². The van der Waals surface area contributed by atoms with Gasteiger partial charge in [0.05, 0.1) is 13.2 Å². The van der Waals surface area contributed by atoms with Crippen molar-refractivity contribution < 1.29 is 9.47 Å². The third-order valence-corrected chi connectivity index (χ3v) is 3.81. The van der Waals surface area contributed by atoms with Gasteiger partial charge < -0.3 is 19.7 Å². The Bertz CT molecular complexity index is 214. The number of ether oxygens (including phenoxy) is 2. The Kier molecular flexibility index (Phi) is 7.82. The van der Waals surface area contributed by atoms with Gasteiger partial charge in [-0.25, -0.2) is 0 Å². The summed E-state index contributed by atoms with van der Waals surface area (Å²) in [5.74, 6) is 0.592. The zero-order valence-electron chi connectivity index (χ0n) is 12.4. The Morgan fingerprint density at radius 2 is 2.28 bits per heavy atom. The topological polar surface area (TPSA) is 33.7 Å². The molecule has 0 spiro atoms. The fraction of sp³-hybridized carbons (Fsp3) is 1.00. The number of hydrogen-bond acceptors (Lipinski definition) is 4. The third kappa shape index (κ3) is 5.22. The largest absolute Gasteiger partial charge is 0.383 e. The summed E-state index contributed by atoms with van der Waals surface area (Å²) >= 11 is 0. The zero-order valence-corrected chi connectivity index (χ0v) is 12.4. The molecule has 3 atom stereocenters. The van der Waals surface area contributed by atoms with Gasteiger partial charge in [0.2, 0.25) is 0 Å². The molecule has 0 aromatic heterocycles. The quantitative estimate of drug-likeness (QED) is 0.713. The Balaban J connectivity index is 2.40. The number of likely N-dealkylation sites (N-methyl/N-ethyl adjacent to an activating group) is 1. The van der Waals surface area contributed by atoms with Crippen LogP contribution in [0, 0.1) is 5.92 Å². The summed E-state index contributed by atoms with van der Waals surface area (Å²) < 4.78 is 10.9. The van der Waals surface area contributed by atoms with Crippen LogP contribution in [-0.2, 0) is 9.47 Å². The molecular formula is C14H30N2O2. The lowest BCUT2D eigenvalue weighted by Crippen LogP contribution is -2.49. The number of nitrogens with one attached hydrogen (secondary N) is 1. The monoisotopic (exact) mass is 258 g/mol. The maximum atomic E-state index is 5.63. The summed E-state index contributed by atoms with van der Waals surface area (Å²) in [7, 11) is 3.94. The molecule has 1 aliphatic rings. The first kappa shape index (κ1) is 15.9. The SMILES string of the molecule is CCCNC1CCOCC1CN(C)C(C)COC. The van der Waals surface area contributed by atoms with E-state index in [4.69, 9.17) is 9.47 Å². The van der Waals surface area contributed by atoms with Crippen molar-refractivity contribution in [2.45, 2.75) is 38.8 Å². The molecule has 1 N–H and O–H groups in total. The highest BCUT2D eigenvalue weighted by atomic mass is 16.5. The van der Waals surface area contributed by atoms with E-state index in [2.05, 4.69) is 31.1 Å². The van der Waals surface area contributed by atoms with E-state index in [0.29, 0.717) is 18.0 Å². The minimum absolute atomic E-state index is 0.462. The van der Waals surface area contributed by atoms with Crippen LogP contribution in [0.4, 0.5) is 0 Å². The van der Waals surface area contributed by atoms with E-state index in [-0.39, 0.29) is 0 Å². The summed E-state index contributed by atoms with van der Waals surface area (Å²) in [5.41, 5.74) is 0. The van der Waals surface area contributed by atoms with Crippen molar-refractivity contribution in [1.82, 2.24) is 10.2 Å². The average Bonchev–Trinajstić information content (AvgIpc) is 2.38. The van der Waals surface area contributed by atoms with E-state index >= 15 is 0 Å². The van der Waals surface area contributed by atoms with E-state index < -0.39 is 0 Å². The van der Waals surface area contributed by atoms with Crippen molar-refractivity contribution in [3.63, 3.8) is 0 Å². The normalized spacial score (nSPS) is 26.5. The maximum Gasteiger partial charge on any atom is 0.0615 e. The number of nitrogens with zero attached hydrogens (tertiary/aromatic N) is 1. The molecule has 0 amide bonds. The average molecular weight is 258 g/mol. The Labute approximate surface area is 112 Å². The predicted molar refractivity (Wildman–Crippen MR) is 75.0 cm³/mol. The van der Waals surface area contributed by atoms with Crippen LogP contribution < -0.4 is 5.32 Å². The van der Waals surface area contributed by atoms with E-state index in [1.54, 1.807) is 7.11 Å². The van der Waals surface area contributed by atoms with Crippen molar-refractivity contribution >= 4 is 0 Å². The Morgan fingerprint density at radius 3 is 2.94 bits per heavy atom. The molecule has 0 saturated carbocycles. The summed E-state index contributed by atoms with van der Waals surface area (Å²) in [6.07, 6.45) is 2.33. The molecule has 3 unspecified atom stereocenters. The van der Waals surface area contributed by atoms with Gasteiger partial charge in [-0.1, -0.05) is 6.92 Å². The van der Waals surface area contributed by atoms with Crippen LogP contribution in [0.15, 0.2) is 0 Å². The highest BCUT2D eigenvalue weighted by Gasteiger charge is 2.27. The van der Waals surface area contributed by atoms with E-state index in [1.165, 1.54) is 6.42 Å². The lowest BCUT2D eigenvalue weighted by Gasteiger charge is -2.36. The molecule has 0 aliphatic carbocycles. The fourth-order valence-electron chi connectivity index (χ4n) is 2.49. The number of hydrogen-bond donors (Lipinski definition) is 1. The van der Waals surface area contributed by atoms with Gasteiger partial charge in [-0.2, -0.15) is 0 Å². The highest BCUT2D eigenvalue weighted by Crippen LogP contribution is 2.17. The molecule has 1 rings (SSSR count). The van der Waals surface area contributed by atoms with E-state index in [1.807, 2.05) is 0 Å². The minimum atomic E-state index is 0.462. The van der Waals surface area contributed by atoms with Crippen LogP contribution in [0.3, 0.4) is 0 Å². The molecular weight excluding hydrogens is 228 g/mol. The third-order valence-electron chi connectivity index (χ3n) is 3.81. The minimum Gasteiger partial charge on any atom is -0.383 e. The second-order valence-corrected chi connectivity index (χ2v) is 5.43. The van der Waals surface area contributed by atoms with Gasteiger partial charge in [-0.05, 0) is 33.4 Å². The first-order chi connectivity index (χ1) is 8.69. The molecule has 4 heteroatoms. The Morgan fingerprint density at radius 1 is 1.50 bits per heavy atom. The van der Waals surface area contributed by atoms with Gasteiger partial charge in [-0.15, -0.1) is 0 Å². The molecule has 0 bridgehead atoms.